The molecule has 0 bridgehead atoms. The molecule has 1 rings (SSSR count). The molecule has 2 N–H and O–H groups in total. The Morgan fingerprint density at radius 3 is 2.50 bits per heavy atom. The molecule has 0 aliphatic heterocycles. The summed E-state index contributed by atoms with van der Waals surface area (Å²) >= 11 is 0. The van der Waals surface area contributed by atoms with E-state index in [-0.39, 0.29) is 17.5 Å². The van der Waals surface area contributed by atoms with Crippen molar-refractivity contribution in [2.24, 2.45) is 5.41 Å². The van der Waals surface area contributed by atoms with Gasteiger partial charge in [-0.25, -0.2) is 0 Å². The van der Waals surface area contributed by atoms with Gasteiger partial charge in [-0.15, -0.1) is 0 Å². The van der Waals surface area contributed by atoms with Crippen LogP contribution in [-0.4, -0.2) is 23.3 Å². The van der Waals surface area contributed by atoms with Gasteiger partial charge in [0.2, 0.25) is 0 Å². The van der Waals surface area contributed by atoms with E-state index < -0.39 is 5.41 Å². The summed E-state index contributed by atoms with van der Waals surface area (Å²) in [5, 5.41) is 18.7. The smallest absolute Gasteiger partial charge is 0.311 e. The number of hydrogen-bond acceptors (Lipinski definition) is 4. The number of methoxy groups -OCH3 is 1. The van der Waals surface area contributed by atoms with E-state index in [1.807, 2.05) is 13.8 Å². The van der Waals surface area contributed by atoms with E-state index in [0.29, 0.717) is 12.8 Å². The molecule has 4 nitrogen and oxygen atoms in total. The topological polar surface area (TPSA) is 66.8 Å². The summed E-state index contributed by atoms with van der Waals surface area (Å²) in [6.07, 6.45) is 2.05. The number of rotatable bonds is 5. The first-order valence-electron chi connectivity index (χ1n) is 6.02. The van der Waals surface area contributed by atoms with E-state index in [1.54, 1.807) is 6.07 Å². The number of aromatic hydroxyl groups is 2. The molecule has 0 aliphatic rings. The molecule has 0 heterocycles. The van der Waals surface area contributed by atoms with Gasteiger partial charge in [0.25, 0.3) is 0 Å². The van der Waals surface area contributed by atoms with Crippen molar-refractivity contribution in [1.29, 1.82) is 0 Å². The molecule has 4 heteroatoms. The summed E-state index contributed by atoms with van der Waals surface area (Å²) < 4.78 is 4.84. The van der Waals surface area contributed by atoms with Crippen molar-refractivity contribution in [2.45, 2.75) is 33.1 Å². The van der Waals surface area contributed by atoms with Gasteiger partial charge in [0.1, 0.15) is 0 Å². The average molecular weight is 252 g/mol. The number of phenolic OH excluding ortho intramolecular Hbond substituents is 2. The van der Waals surface area contributed by atoms with Gasteiger partial charge in [-0.1, -0.05) is 19.4 Å². The Kier molecular flexibility index (Phi) is 4.59. The predicted octanol–water partition coefficient (Wildman–Crippen LogP) is 2.62. The van der Waals surface area contributed by atoms with Crippen molar-refractivity contribution in [1.82, 2.24) is 0 Å². The first-order chi connectivity index (χ1) is 8.42. The fourth-order valence-electron chi connectivity index (χ4n) is 2.19. The van der Waals surface area contributed by atoms with Crippen molar-refractivity contribution in [3.63, 3.8) is 0 Å². The van der Waals surface area contributed by atoms with Gasteiger partial charge in [-0.3, -0.25) is 4.79 Å². The molecule has 0 aliphatic carbocycles. The molecule has 0 radical (unpaired) electrons. The van der Waals surface area contributed by atoms with Crippen LogP contribution in [0.25, 0.3) is 0 Å². The van der Waals surface area contributed by atoms with Gasteiger partial charge in [0.15, 0.2) is 11.5 Å². The van der Waals surface area contributed by atoms with Crippen LogP contribution in [0.1, 0.15) is 32.3 Å². The molecule has 0 aromatic heterocycles. The molecule has 1 aromatic carbocycles. The maximum atomic E-state index is 11.8. The normalized spacial score (nSPS) is 13.9. The Balaban J connectivity index is 2.96. The van der Waals surface area contributed by atoms with E-state index in [4.69, 9.17) is 4.74 Å². The van der Waals surface area contributed by atoms with Crippen molar-refractivity contribution in [2.75, 3.05) is 7.11 Å². The zero-order chi connectivity index (χ0) is 13.8. The fourth-order valence-corrected chi connectivity index (χ4v) is 2.19. The van der Waals surface area contributed by atoms with Crippen LogP contribution in [0.2, 0.25) is 0 Å². The van der Waals surface area contributed by atoms with E-state index in [9.17, 15) is 15.0 Å². The molecule has 0 amide bonds. The SMILES string of the molecule is CCCC(C)(Cc1ccc(O)c(O)c1)C(=O)OC. The van der Waals surface area contributed by atoms with Gasteiger partial charge in [0.05, 0.1) is 12.5 Å². The number of benzene rings is 1. The van der Waals surface area contributed by atoms with Gasteiger partial charge in [0, 0.05) is 0 Å². The van der Waals surface area contributed by atoms with Crippen LogP contribution in [0.15, 0.2) is 18.2 Å². The molecule has 0 fully saturated rings. The third kappa shape index (κ3) is 3.15. The summed E-state index contributed by atoms with van der Waals surface area (Å²) in [5.41, 5.74) is 0.194. The summed E-state index contributed by atoms with van der Waals surface area (Å²) in [7, 11) is 1.38. The summed E-state index contributed by atoms with van der Waals surface area (Å²) in [6.45, 7) is 3.86. The van der Waals surface area contributed by atoms with E-state index in [1.165, 1.54) is 19.2 Å². The molecule has 1 aromatic rings. The second kappa shape index (κ2) is 5.76. The van der Waals surface area contributed by atoms with Crippen LogP contribution in [0, 0.1) is 5.41 Å². The number of carbonyl (C=O) groups excluding carboxylic acids is 1. The van der Waals surface area contributed by atoms with Crippen molar-refractivity contribution in [3.8, 4) is 11.5 Å². The third-order valence-electron chi connectivity index (χ3n) is 3.11. The number of phenols is 2. The van der Waals surface area contributed by atoms with Gasteiger partial charge in [-0.05, 0) is 37.5 Å². The molecule has 0 saturated heterocycles. The summed E-state index contributed by atoms with van der Waals surface area (Å²) in [6, 6.07) is 4.60. The van der Waals surface area contributed by atoms with Crippen LogP contribution < -0.4 is 0 Å². The Labute approximate surface area is 107 Å². The second-order valence-electron chi connectivity index (χ2n) is 4.80. The maximum Gasteiger partial charge on any atom is 0.311 e. The van der Waals surface area contributed by atoms with Crippen LogP contribution in [0.3, 0.4) is 0 Å². The van der Waals surface area contributed by atoms with Gasteiger partial charge in [-0.2, -0.15) is 0 Å². The van der Waals surface area contributed by atoms with Crippen molar-refractivity contribution < 1.29 is 19.7 Å². The minimum absolute atomic E-state index is 0.158. The first kappa shape index (κ1) is 14.4. The molecule has 1 atom stereocenters. The number of hydrogen-bond donors (Lipinski definition) is 2. The van der Waals surface area contributed by atoms with Crippen LogP contribution in [0.5, 0.6) is 11.5 Å². The fraction of sp³-hybridized carbons (Fsp3) is 0.500. The number of ether oxygens (including phenoxy) is 1. The van der Waals surface area contributed by atoms with Gasteiger partial charge < -0.3 is 14.9 Å². The monoisotopic (exact) mass is 252 g/mol. The molecule has 0 saturated carbocycles. The molecule has 0 spiro atoms. The highest BCUT2D eigenvalue weighted by molar-refractivity contribution is 5.76. The lowest BCUT2D eigenvalue weighted by molar-refractivity contribution is -0.152. The molecule has 100 valence electrons. The zero-order valence-corrected chi connectivity index (χ0v) is 11.1. The van der Waals surface area contributed by atoms with E-state index >= 15 is 0 Å². The largest absolute Gasteiger partial charge is 0.504 e. The Morgan fingerprint density at radius 2 is 2.00 bits per heavy atom. The lowest BCUT2D eigenvalue weighted by Crippen LogP contribution is -2.31. The molecule has 1 unspecified atom stereocenters. The minimum atomic E-state index is -0.604. The maximum absolute atomic E-state index is 11.8. The number of carbonyl (C=O) groups is 1. The quantitative estimate of drug-likeness (QED) is 0.624. The van der Waals surface area contributed by atoms with Crippen molar-refractivity contribution in [3.05, 3.63) is 23.8 Å². The van der Waals surface area contributed by atoms with E-state index in [0.717, 1.165) is 12.0 Å². The van der Waals surface area contributed by atoms with Crippen LogP contribution >= 0.6 is 0 Å². The summed E-state index contributed by atoms with van der Waals surface area (Å²) in [4.78, 5) is 11.8. The standard InChI is InChI=1S/C14H20O4/c1-4-7-14(2,13(17)18-3)9-10-5-6-11(15)12(16)8-10/h5-6,8,15-16H,4,7,9H2,1-3H3. The molecular formula is C14H20O4. The molecular weight excluding hydrogens is 232 g/mol. The highest BCUT2D eigenvalue weighted by Gasteiger charge is 2.33. The predicted molar refractivity (Wildman–Crippen MR) is 68.5 cm³/mol. The van der Waals surface area contributed by atoms with Gasteiger partial charge >= 0.3 is 5.97 Å². The zero-order valence-electron chi connectivity index (χ0n) is 11.1. The first-order valence-corrected chi connectivity index (χ1v) is 6.02. The lowest BCUT2D eigenvalue weighted by Gasteiger charge is -2.26. The lowest BCUT2D eigenvalue weighted by atomic mass is 9.79. The Hall–Kier alpha value is -1.71. The Morgan fingerprint density at radius 1 is 1.33 bits per heavy atom. The second-order valence-corrected chi connectivity index (χ2v) is 4.80. The Bertz CT molecular complexity index is 428. The third-order valence-corrected chi connectivity index (χ3v) is 3.11. The van der Waals surface area contributed by atoms with Crippen molar-refractivity contribution >= 4 is 5.97 Å². The summed E-state index contributed by atoms with van der Waals surface area (Å²) in [5.74, 6) is -0.581. The molecule has 18 heavy (non-hydrogen) atoms. The highest BCUT2D eigenvalue weighted by Crippen LogP contribution is 2.33. The highest BCUT2D eigenvalue weighted by atomic mass is 16.5. The average Bonchev–Trinajstić information content (AvgIpc) is 2.33. The number of esters is 1. The van der Waals surface area contributed by atoms with E-state index in [2.05, 4.69) is 0 Å². The van der Waals surface area contributed by atoms with Crippen LogP contribution in [-0.2, 0) is 16.0 Å². The minimum Gasteiger partial charge on any atom is -0.504 e. The van der Waals surface area contributed by atoms with Crippen LogP contribution in [0.4, 0.5) is 0 Å².